The van der Waals surface area contributed by atoms with E-state index >= 15 is 0 Å². The molecule has 82 valence electrons. The molecule has 0 spiro atoms. The SMILES string of the molecule is O=S(=O)(O)c1csc2c1CCC/C2=N/O. The summed E-state index contributed by atoms with van der Waals surface area (Å²) in [5, 5.41) is 13.3. The Morgan fingerprint density at radius 3 is 2.73 bits per heavy atom. The van der Waals surface area contributed by atoms with Gasteiger partial charge < -0.3 is 5.21 Å². The van der Waals surface area contributed by atoms with Gasteiger partial charge in [-0.05, 0) is 24.8 Å². The molecule has 1 aliphatic carbocycles. The van der Waals surface area contributed by atoms with Gasteiger partial charge in [0.15, 0.2) is 0 Å². The minimum absolute atomic E-state index is 0.0525. The number of oxime groups is 1. The second kappa shape index (κ2) is 3.58. The monoisotopic (exact) mass is 247 g/mol. The molecular formula is C8H9NO4S2. The van der Waals surface area contributed by atoms with E-state index in [0.29, 0.717) is 29.0 Å². The first-order valence-electron chi connectivity index (χ1n) is 4.33. The Labute approximate surface area is 90.8 Å². The minimum atomic E-state index is -4.16. The average molecular weight is 247 g/mol. The first-order chi connectivity index (χ1) is 7.04. The van der Waals surface area contributed by atoms with Crippen LogP contribution in [0, 0.1) is 0 Å². The number of fused-ring (bicyclic) bond motifs is 1. The molecule has 2 rings (SSSR count). The average Bonchev–Trinajstić information content (AvgIpc) is 2.59. The zero-order valence-electron chi connectivity index (χ0n) is 7.67. The van der Waals surface area contributed by atoms with E-state index in [2.05, 4.69) is 5.16 Å². The smallest absolute Gasteiger partial charge is 0.295 e. The molecule has 0 atom stereocenters. The van der Waals surface area contributed by atoms with E-state index in [1.165, 1.54) is 16.7 Å². The molecule has 1 aliphatic rings. The van der Waals surface area contributed by atoms with Crippen molar-refractivity contribution in [3.63, 3.8) is 0 Å². The molecule has 1 aromatic heterocycles. The van der Waals surface area contributed by atoms with Gasteiger partial charge in [-0.1, -0.05) is 5.16 Å². The van der Waals surface area contributed by atoms with Crippen molar-refractivity contribution >= 4 is 27.2 Å². The lowest BCUT2D eigenvalue weighted by atomic mass is 9.98. The summed E-state index contributed by atoms with van der Waals surface area (Å²) in [5.41, 5.74) is 1.07. The van der Waals surface area contributed by atoms with Crippen LogP contribution in [-0.4, -0.2) is 23.9 Å². The van der Waals surface area contributed by atoms with Gasteiger partial charge in [-0.15, -0.1) is 11.3 Å². The Kier molecular flexibility index (Phi) is 2.53. The lowest BCUT2D eigenvalue weighted by Crippen LogP contribution is -2.11. The second-order valence-electron chi connectivity index (χ2n) is 3.28. The van der Waals surface area contributed by atoms with Gasteiger partial charge in [-0.25, -0.2) is 0 Å². The molecule has 0 radical (unpaired) electrons. The molecule has 5 nitrogen and oxygen atoms in total. The Morgan fingerprint density at radius 1 is 1.40 bits per heavy atom. The highest BCUT2D eigenvalue weighted by atomic mass is 32.2. The standard InChI is InChI=1S/C8H9NO4S2/c10-9-6-3-1-2-5-7(15(11,12)13)4-14-8(5)6/h4,10H,1-3H2,(H,11,12,13)/b9-6-. The molecule has 0 amide bonds. The summed E-state index contributed by atoms with van der Waals surface area (Å²) in [6.07, 6.45) is 1.95. The first-order valence-corrected chi connectivity index (χ1v) is 6.65. The summed E-state index contributed by atoms with van der Waals surface area (Å²) in [6.45, 7) is 0. The van der Waals surface area contributed by atoms with E-state index in [4.69, 9.17) is 9.76 Å². The maximum Gasteiger partial charge on any atom is 0.295 e. The summed E-state index contributed by atoms with van der Waals surface area (Å²) >= 11 is 1.18. The van der Waals surface area contributed by atoms with Gasteiger partial charge >= 0.3 is 0 Å². The lowest BCUT2D eigenvalue weighted by molar-refractivity contribution is 0.317. The van der Waals surface area contributed by atoms with Crippen molar-refractivity contribution in [1.82, 2.24) is 0 Å². The zero-order chi connectivity index (χ0) is 11.1. The number of thiophene rings is 1. The number of hydrogen-bond donors (Lipinski definition) is 2. The number of hydrogen-bond acceptors (Lipinski definition) is 5. The van der Waals surface area contributed by atoms with Gasteiger partial charge in [-0.2, -0.15) is 8.42 Å². The van der Waals surface area contributed by atoms with Crippen LogP contribution in [-0.2, 0) is 16.5 Å². The molecule has 0 unspecified atom stereocenters. The van der Waals surface area contributed by atoms with Crippen LogP contribution < -0.4 is 0 Å². The molecule has 0 bridgehead atoms. The maximum absolute atomic E-state index is 11.0. The third-order valence-electron chi connectivity index (χ3n) is 2.36. The molecule has 0 saturated carbocycles. The van der Waals surface area contributed by atoms with E-state index in [1.54, 1.807) is 0 Å². The van der Waals surface area contributed by atoms with Crippen LogP contribution in [0.25, 0.3) is 0 Å². The first kappa shape index (κ1) is 10.6. The zero-order valence-corrected chi connectivity index (χ0v) is 9.31. The summed E-state index contributed by atoms with van der Waals surface area (Å²) in [4.78, 5) is 0.611. The molecule has 1 aromatic rings. The minimum Gasteiger partial charge on any atom is -0.411 e. The predicted octanol–water partition coefficient (Wildman–Crippen LogP) is 1.51. The summed E-state index contributed by atoms with van der Waals surface area (Å²) in [6, 6.07) is 0. The topological polar surface area (TPSA) is 87.0 Å². The molecule has 0 aliphatic heterocycles. The van der Waals surface area contributed by atoms with Gasteiger partial charge in [0.2, 0.25) is 0 Å². The van der Waals surface area contributed by atoms with Crippen LogP contribution in [0.2, 0.25) is 0 Å². The maximum atomic E-state index is 11.0. The van der Waals surface area contributed by atoms with Crippen molar-refractivity contribution in [3.8, 4) is 0 Å². The van der Waals surface area contributed by atoms with Crippen LogP contribution in [0.3, 0.4) is 0 Å². The van der Waals surface area contributed by atoms with Crippen molar-refractivity contribution in [1.29, 1.82) is 0 Å². The van der Waals surface area contributed by atoms with Gasteiger partial charge in [-0.3, -0.25) is 4.55 Å². The van der Waals surface area contributed by atoms with E-state index in [1.807, 2.05) is 0 Å². The molecule has 7 heteroatoms. The molecule has 0 saturated heterocycles. The van der Waals surface area contributed by atoms with Crippen molar-refractivity contribution < 1.29 is 18.2 Å². The Hall–Kier alpha value is -0.920. The van der Waals surface area contributed by atoms with Crippen LogP contribution in [0.4, 0.5) is 0 Å². The summed E-state index contributed by atoms with van der Waals surface area (Å²) < 4.78 is 31.0. The highest BCUT2D eigenvalue weighted by molar-refractivity contribution is 7.86. The van der Waals surface area contributed by atoms with Gasteiger partial charge in [0.25, 0.3) is 10.1 Å². The molecular weight excluding hydrogens is 238 g/mol. The molecule has 1 heterocycles. The third kappa shape index (κ3) is 1.77. The van der Waals surface area contributed by atoms with Crippen LogP contribution in [0.1, 0.15) is 23.3 Å². The molecule has 0 aromatic carbocycles. The Bertz CT molecular complexity index is 515. The Balaban J connectivity index is 2.62. The lowest BCUT2D eigenvalue weighted by Gasteiger charge is -2.12. The van der Waals surface area contributed by atoms with Crippen LogP contribution in [0.15, 0.2) is 15.4 Å². The van der Waals surface area contributed by atoms with Crippen molar-refractivity contribution in [3.05, 3.63) is 15.8 Å². The highest BCUT2D eigenvalue weighted by Gasteiger charge is 2.26. The van der Waals surface area contributed by atoms with Crippen molar-refractivity contribution in [2.45, 2.75) is 24.2 Å². The van der Waals surface area contributed by atoms with Crippen LogP contribution >= 0.6 is 11.3 Å². The van der Waals surface area contributed by atoms with E-state index in [0.717, 1.165) is 6.42 Å². The quantitative estimate of drug-likeness (QED) is 0.447. The largest absolute Gasteiger partial charge is 0.411 e. The predicted molar refractivity (Wildman–Crippen MR) is 55.4 cm³/mol. The third-order valence-corrected chi connectivity index (χ3v) is 4.50. The fourth-order valence-corrected chi connectivity index (χ4v) is 3.91. The number of nitrogens with zero attached hydrogens (tertiary/aromatic N) is 1. The highest BCUT2D eigenvalue weighted by Crippen LogP contribution is 2.33. The summed E-state index contributed by atoms with van der Waals surface area (Å²) in [7, 11) is -4.16. The molecule has 15 heavy (non-hydrogen) atoms. The van der Waals surface area contributed by atoms with Crippen molar-refractivity contribution in [2.75, 3.05) is 0 Å². The summed E-state index contributed by atoms with van der Waals surface area (Å²) in [5.74, 6) is 0. The fourth-order valence-electron chi connectivity index (χ4n) is 1.70. The van der Waals surface area contributed by atoms with Gasteiger partial charge in [0.05, 0.1) is 10.6 Å². The van der Waals surface area contributed by atoms with E-state index in [-0.39, 0.29) is 4.90 Å². The van der Waals surface area contributed by atoms with Crippen molar-refractivity contribution in [2.24, 2.45) is 5.16 Å². The Morgan fingerprint density at radius 2 is 2.13 bits per heavy atom. The van der Waals surface area contributed by atoms with E-state index in [9.17, 15) is 8.42 Å². The van der Waals surface area contributed by atoms with Crippen LogP contribution in [0.5, 0.6) is 0 Å². The number of rotatable bonds is 1. The molecule has 0 fully saturated rings. The molecule has 2 N–H and O–H groups in total. The second-order valence-corrected chi connectivity index (χ2v) is 5.55. The normalized spacial score (nSPS) is 19.1. The van der Waals surface area contributed by atoms with Gasteiger partial charge in [0.1, 0.15) is 4.90 Å². The van der Waals surface area contributed by atoms with E-state index < -0.39 is 10.1 Å². The fraction of sp³-hybridized carbons (Fsp3) is 0.375. The van der Waals surface area contributed by atoms with Gasteiger partial charge in [0, 0.05) is 5.38 Å².